The second-order valence-corrected chi connectivity index (χ2v) is 4.24. The Hall–Kier alpha value is -2.44. The smallest absolute Gasteiger partial charge is 0.343 e. The van der Waals surface area contributed by atoms with Crippen LogP contribution >= 0.6 is 0 Å². The van der Waals surface area contributed by atoms with Crippen LogP contribution in [0, 0.1) is 0 Å². The number of carbonyl (C=O) groups is 2. The molecule has 102 valence electrons. The molecule has 1 rings (SSSR count). The maximum Gasteiger partial charge on any atom is 0.343 e. The number of urea groups is 2. The number of H-pyrrole nitrogens is 1. The topological polar surface area (TPSA) is 81.1 Å². The number of carbonyl (C=O) groups excluding carboxylic acids is 2. The molecule has 7 nitrogen and oxygen atoms in total. The summed E-state index contributed by atoms with van der Waals surface area (Å²) >= 11 is 0. The minimum atomic E-state index is -0.340. The van der Waals surface area contributed by atoms with Crippen molar-refractivity contribution in [1.29, 1.82) is 0 Å². The normalized spacial score (nSPS) is 11.2. The number of aromatic amines is 1. The number of amides is 4. The highest BCUT2D eigenvalue weighted by Gasteiger charge is 2.01. The first kappa shape index (κ1) is 14.6. The molecule has 0 bridgehead atoms. The third kappa shape index (κ3) is 4.74. The molecule has 1 N–H and O–H groups in total. The molecular weight excluding hydrogens is 246 g/mol. The molecule has 1 aromatic rings. The monoisotopic (exact) mass is 263 g/mol. The molecule has 0 fully saturated rings. The molecule has 0 aliphatic carbocycles. The van der Waals surface area contributed by atoms with E-state index < -0.39 is 0 Å². The fraction of sp³-hybridized carbons (Fsp3) is 0.333. The maximum absolute atomic E-state index is 11.3. The van der Waals surface area contributed by atoms with Crippen molar-refractivity contribution in [3.63, 3.8) is 0 Å². The molecule has 0 unspecified atom stereocenters. The molecule has 0 aliphatic rings. The number of aliphatic imine (C=N–C) groups is 2. The number of rotatable bonds is 2. The van der Waals surface area contributed by atoms with Gasteiger partial charge in [0, 0.05) is 28.2 Å². The molecular formula is C12H17N5O2. The van der Waals surface area contributed by atoms with Gasteiger partial charge in [-0.3, -0.25) is 0 Å². The van der Waals surface area contributed by atoms with Crippen LogP contribution < -0.4 is 0 Å². The van der Waals surface area contributed by atoms with Crippen molar-refractivity contribution < 1.29 is 9.59 Å². The standard InChI is InChI=1S/C12H17N5O2/c1-16(2)11(18)13-7-9-5-6-10(15-9)8-14-12(19)17(3)4/h5-8,15H,1-4H3/b13-7+,14-8?. The van der Waals surface area contributed by atoms with Crippen molar-refractivity contribution in [1.82, 2.24) is 14.8 Å². The molecule has 0 radical (unpaired) electrons. The Morgan fingerprint density at radius 2 is 1.32 bits per heavy atom. The molecule has 0 saturated heterocycles. The Morgan fingerprint density at radius 3 is 1.63 bits per heavy atom. The van der Waals surface area contributed by atoms with Gasteiger partial charge in [-0.05, 0) is 12.1 Å². The van der Waals surface area contributed by atoms with Crippen LogP contribution in [0.5, 0.6) is 0 Å². The van der Waals surface area contributed by atoms with Crippen molar-refractivity contribution in [2.75, 3.05) is 28.2 Å². The average molecular weight is 263 g/mol. The van der Waals surface area contributed by atoms with E-state index in [0.717, 1.165) is 0 Å². The first-order chi connectivity index (χ1) is 8.90. The summed E-state index contributed by atoms with van der Waals surface area (Å²) in [6.07, 6.45) is 2.85. The van der Waals surface area contributed by atoms with Crippen LogP contribution in [0.3, 0.4) is 0 Å². The van der Waals surface area contributed by atoms with Crippen molar-refractivity contribution in [3.05, 3.63) is 23.5 Å². The summed E-state index contributed by atoms with van der Waals surface area (Å²) in [6, 6.07) is 2.81. The van der Waals surface area contributed by atoms with Gasteiger partial charge in [0.1, 0.15) is 0 Å². The van der Waals surface area contributed by atoms with E-state index in [-0.39, 0.29) is 12.1 Å². The molecule has 7 heteroatoms. The number of hydrogen-bond acceptors (Lipinski definition) is 2. The van der Waals surface area contributed by atoms with Gasteiger partial charge in [-0.25, -0.2) is 9.59 Å². The van der Waals surface area contributed by atoms with Crippen molar-refractivity contribution >= 4 is 24.5 Å². The molecule has 0 spiro atoms. The highest BCUT2D eigenvalue weighted by Crippen LogP contribution is 1.98. The summed E-state index contributed by atoms with van der Waals surface area (Å²) < 4.78 is 0. The van der Waals surface area contributed by atoms with Gasteiger partial charge in [0.05, 0.1) is 23.8 Å². The van der Waals surface area contributed by atoms with Crippen LogP contribution in [0.2, 0.25) is 0 Å². The highest BCUT2D eigenvalue weighted by atomic mass is 16.2. The summed E-state index contributed by atoms with van der Waals surface area (Å²) in [7, 11) is 6.50. The molecule has 0 atom stereocenters. The lowest BCUT2D eigenvalue weighted by Gasteiger charge is -2.03. The summed E-state index contributed by atoms with van der Waals surface area (Å²) in [5.41, 5.74) is 1.32. The van der Waals surface area contributed by atoms with E-state index in [1.807, 2.05) is 0 Å². The molecule has 1 heterocycles. The third-order valence-corrected chi connectivity index (χ3v) is 2.12. The lowest BCUT2D eigenvalue weighted by atomic mass is 10.4. The van der Waals surface area contributed by atoms with Crippen molar-refractivity contribution in [2.45, 2.75) is 0 Å². The molecule has 4 amide bonds. The van der Waals surface area contributed by atoms with Crippen molar-refractivity contribution in [3.8, 4) is 0 Å². The SMILES string of the molecule is CN(C)C(=O)N=Cc1ccc(/C=N/C(=O)N(C)C)[nH]1. The zero-order valence-corrected chi connectivity index (χ0v) is 11.4. The molecule has 0 aromatic carbocycles. The molecule has 0 saturated carbocycles. The first-order valence-corrected chi connectivity index (χ1v) is 5.60. The van der Waals surface area contributed by atoms with Gasteiger partial charge in [0.15, 0.2) is 0 Å². The Labute approximate surface area is 111 Å². The lowest BCUT2D eigenvalue weighted by Crippen LogP contribution is -2.17. The number of nitrogens with zero attached hydrogens (tertiary/aromatic N) is 4. The maximum atomic E-state index is 11.3. The van der Waals surface area contributed by atoms with Crippen LogP contribution in [0.4, 0.5) is 9.59 Å². The van der Waals surface area contributed by atoms with E-state index in [9.17, 15) is 9.59 Å². The second-order valence-electron chi connectivity index (χ2n) is 4.24. The quantitative estimate of drug-likeness (QED) is 0.814. The Morgan fingerprint density at radius 1 is 0.947 bits per heavy atom. The minimum absolute atomic E-state index is 0.340. The summed E-state index contributed by atoms with van der Waals surface area (Å²) in [5.74, 6) is 0. The van der Waals surface area contributed by atoms with Gasteiger partial charge in [-0.1, -0.05) is 0 Å². The highest BCUT2D eigenvalue weighted by molar-refractivity contribution is 5.93. The first-order valence-electron chi connectivity index (χ1n) is 5.60. The predicted octanol–water partition coefficient (Wildman–Crippen LogP) is 1.22. The van der Waals surface area contributed by atoms with Gasteiger partial charge in [-0.2, -0.15) is 9.98 Å². The van der Waals surface area contributed by atoms with Crippen LogP contribution in [-0.2, 0) is 0 Å². The molecule has 19 heavy (non-hydrogen) atoms. The van der Waals surface area contributed by atoms with E-state index in [2.05, 4.69) is 15.0 Å². The predicted molar refractivity (Wildman–Crippen MR) is 74.1 cm³/mol. The van der Waals surface area contributed by atoms with Crippen LogP contribution in [0.15, 0.2) is 22.1 Å². The Balaban J connectivity index is 2.68. The number of hydrogen-bond donors (Lipinski definition) is 1. The van der Waals surface area contributed by atoms with Gasteiger partial charge in [-0.15, -0.1) is 0 Å². The Kier molecular flexibility index (Phi) is 4.99. The Bertz CT molecular complexity index is 469. The number of aromatic nitrogens is 1. The molecule has 1 aromatic heterocycles. The van der Waals surface area contributed by atoms with E-state index in [0.29, 0.717) is 11.4 Å². The fourth-order valence-corrected chi connectivity index (χ4v) is 1.06. The average Bonchev–Trinajstić information content (AvgIpc) is 2.80. The van der Waals surface area contributed by atoms with Crippen molar-refractivity contribution in [2.24, 2.45) is 9.98 Å². The van der Waals surface area contributed by atoms with Crippen LogP contribution in [0.25, 0.3) is 0 Å². The zero-order chi connectivity index (χ0) is 14.4. The van der Waals surface area contributed by atoms with E-state index in [1.54, 1.807) is 40.3 Å². The van der Waals surface area contributed by atoms with Crippen LogP contribution in [-0.4, -0.2) is 67.5 Å². The number of nitrogens with one attached hydrogen (secondary N) is 1. The zero-order valence-electron chi connectivity index (χ0n) is 11.4. The van der Waals surface area contributed by atoms with E-state index in [4.69, 9.17) is 0 Å². The van der Waals surface area contributed by atoms with Gasteiger partial charge < -0.3 is 14.8 Å². The minimum Gasteiger partial charge on any atom is -0.353 e. The van der Waals surface area contributed by atoms with Gasteiger partial charge in [0.25, 0.3) is 0 Å². The largest absolute Gasteiger partial charge is 0.353 e. The van der Waals surface area contributed by atoms with E-state index >= 15 is 0 Å². The summed E-state index contributed by atoms with van der Waals surface area (Å²) in [4.78, 5) is 35.7. The van der Waals surface area contributed by atoms with Crippen LogP contribution in [0.1, 0.15) is 11.4 Å². The lowest BCUT2D eigenvalue weighted by molar-refractivity contribution is 0.226. The summed E-state index contributed by atoms with van der Waals surface area (Å²) in [6.45, 7) is 0. The van der Waals surface area contributed by atoms with Gasteiger partial charge >= 0.3 is 12.1 Å². The van der Waals surface area contributed by atoms with E-state index in [1.165, 1.54) is 22.2 Å². The third-order valence-electron chi connectivity index (χ3n) is 2.12. The fourth-order valence-electron chi connectivity index (χ4n) is 1.06. The van der Waals surface area contributed by atoms with Gasteiger partial charge in [0.2, 0.25) is 0 Å². The molecule has 0 aliphatic heterocycles. The summed E-state index contributed by atoms with van der Waals surface area (Å²) in [5, 5.41) is 0. The second kappa shape index (κ2) is 6.48.